The molecule has 1 N–H and O–H groups in total. The monoisotopic (exact) mass is 348 g/mol. The third-order valence-corrected chi connectivity index (χ3v) is 5.54. The first-order chi connectivity index (χ1) is 11.4. The molecule has 1 saturated heterocycles. The number of amides is 2. The molecule has 0 unspecified atom stereocenters. The molecule has 1 aliphatic rings. The van der Waals surface area contributed by atoms with Crippen molar-refractivity contribution in [1.82, 2.24) is 20.4 Å². The van der Waals surface area contributed by atoms with Crippen LogP contribution in [-0.2, 0) is 0 Å². The Morgan fingerprint density at radius 3 is 2.62 bits per heavy atom. The molecule has 2 aromatic heterocycles. The normalized spacial score (nSPS) is 17.1. The fraction of sp³-hybridized carbons (Fsp3) is 0.588. The lowest BCUT2D eigenvalue weighted by molar-refractivity contribution is 0.172. The van der Waals surface area contributed by atoms with Gasteiger partial charge in [0.25, 0.3) is 0 Å². The van der Waals surface area contributed by atoms with E-state index in [0.29, 0.717) is 24.8 Å². The first kappa shape index (κ1) is 17.0. The molecule has 130 valence electrons. The highest BCUT2D eigenvalue weighted by atomic mass is 32.1. The summed E-state index contributed by atoms with van der Waals surface area (Å²) >= 11 is 1.77. The topological polar surface area (TPSA) is 71.3 Å². The second kappa shape index (κ2) is 6.93. The van der Waals surface area contributed by atoms with E-state index in [-0.39, 0.29) is 18.0 Å². The number of urea groups is 1. The first-order valence-electron chi connectivity index (χ1n) is 8.36. The molecule has 7 heteroatoms. The molecule has 2 aromatic rings. The highest BCUT2D eigenvalue weighted by Gasteiger charge is 2.28. The minimum atomic E-state index is 0.00547. The quantitative estimate of drug-likeness (QED) is 0.918. The van der Waals surface area contributed by atoms with E-state index in [1.165, 1.54) is 15.3 Å². The van der Waals surface area contributed by atoms with Crippen LogP contribution in [0.15, 0.2) is 10.6 Å². The Kier molecular flexibility index (Phi) is 4.89. The van der Waals surface area contributed by atoms with E-state index in [1.54, 1.807) is 11.3 Å². The summed E-state index contributed by atoms with van der Waals surface area (Å²) in [6, 6.07) is 2.19. The molecule has 0 bridgehead atoms. The third-order valence-electron chi connectivity index (χ3n) is 4.56. The SMILES string of the molecule is Cc1noc(C2CCN(C(=O)N[C@H](C)c3cc(C)sc3C)CC2)n1. The van der Waals surface area contributed by atoms with Gasteiger partial charge in [-0.25, -0.2) is 4.79 Å². The molecular weight excluding hydrogens is 324 g/mol. The van der Waals surface area contributed by atoms with Crippen molar-refractivity contribution in [2.24, 2.45) is 0 Å². The molecule has 1 atom stereocenters. The van der Waals surface area contributed by atoms with Crippen molar-refractivity contribution in [3.63, 3.8) is 0 Å². The number of hydrogen-bond acceptors (Lipinski definition) is 5. The number of carbonyl (C=O) groups excluding carboxylic acids is 1. The smallest absolute Gasteiger partial charge is 0.317 e. The Morgan fingerprint density at radius 1 is 1.38 bits per heavy atom. The summed E-state index contributed by atoms with van der Waals surface area (Å²) in [6.07, 6.45) is 1.72. The highest BCUT2D eigenvalue weighted by Crippen LogP contribution is 2.28. The lowest BCUT2D eigenvalue weighted by Crippen LogP contribution is -2.44. The maximum Gasteiger partial charge on any atom is 0.317 e. The number of nitrogens with one attached hydrogen (secondary N) is 1. The van der Waals surface area contributed by atoms with Gasteiger partial charge in [-0.1, -0.05) is 5.16 Å². The molecule has 1 aliphatic heterocycles. The van der Waals surface area contributed by atoms with Crippen molar-refractivity contribution < 1.29 is 9.32 Å². The van der Waals surface area contributed by atoms with Crippen LogP contribution in [0.2, 0.25) is 0 Å². The lowest BCUT2D eigenvalue weighted by Gasteiger charge is -2.31. The average molecular weight is 348 g/mol. The number of aryl methyl sites for hydroxylation is 3. The number of likely N-dealkylation sites (tertiary alicyclic amines) is 1. The van der Waals surface area contributed by atoms with E-state index in [1.807, 2.05) is 18.7 Å². The number of piperidine rings is 1. The number of rotatable bonds is 3. The van der Waals surface area contributed by atoms with Gasteiger partial charge < -0.3 is 14.7 Å². The van der Waals surface area contributed by atoms with Gasteiger partial charge in [0.05, 0.1) is 6.04 Å². The zero-order valence-corrected chi connectivity index (χ0v) is 15.4. The number of thiophene rings is 1. The molecule has 0 aromatic carbocycles. The summed E-state index contributed by atoms with van der Waals surface area (Å²) in [5, 5.41) is 6.97. The van der Waals surface area contributed by atoms with Crippen LogP contribution in [-0.4, -0.2) is 34.2 Å². The van der Waals surface area contributed by atoms with Crippen LogP contribution in [0, 0.1) is 20.8 Å². The summed E-state index contributed by atoms with van der Waals surface area (Å²) in [5.74, 6) is 1.63. The van der Waals surface area contributed by atoms with Crippen molar-refractivity contribution in [2.75, 3.05) is 13.1 Å². The fourth-order valence-corrected chi connectivity index (χ4v) is 4.27. The van der Waals surface area contributed by atoms with Crippen LogP contribution < -0.4 is 5.32 Å². The van der Waals surface area contributed by atoms with Gasteiger partial charge in [-0.15, -0.1) is 11.3 Å². The van der Waals surface area contributed by atoms with Gasteiger partial charge in [0.1, 0.15) is 0 Å². The number of hydrogen-bond donors (Lipinski definition) is 1. The molecule has 3 rings (SSSR count). The largest absolute Gasteiger partial charge is 0.339 e. The fourth-order valence-electron chi connectivity index (χ4n) is 3.24. The van der Waals surface area contributed by atoms with Crippen molar-refractivity contribution in [2.45, 2.75) is 52.5 Å². The Bertz CT molecular complexity index is 716. The summed E-state index contributed by atoms with van der Waals surface area (Å²) < 4.78 is 5.26. The predicted octanol–water partition coefficient (Wildman–Crippen LogP) is 3.71. The van der Waals surface area contributed by atoms with Gasteiger partial charge in [0.2, 0.25) is 5.89 Å². The molecule has 24 heavy (non-hydrogen) atoms. The predicted molar refractivity (Wildman–Crippen MR) is 93.3 cm³/mol. The minimum absolute atomic E-state index is 0.00547. The van der Waals surface area contributed by atoms with E-state index in [9.17, 15) is 4.79 Å². The number of nitrogens with zero attached hydrogens (tertiary/aromatic N) is 3. The molecule has 3 heterocycles. The molecular formula is C17H24N4O2S. The average Bonchev–Trinajstić information content (AvgIpc) is 3.12. The van der Waals surface area contributed by atoms with Gasteiger partial charge >= 0.3 is 6.03 Å². The zero-order chi connectivity index (χ0) is 17.3. The molecule has 0 aliphatic carbocycles. The third kappa shape index (κ3) is 3.61. The van der Waals surface area contributed by atoms with Crippen LogP contribution in [0.25, 0.3) is 0 Å². The van der Waals surface area contributed by atoms with Crippen LogP contribution in [0.1, 0.15) is 58.8 Å². The second-order valence-corrected chi connectivity index (χ2v) is 7.94. The van der Waals surface area contributed by atoms with Crippen LogP contribution in [0.5, 0.6) is 0 Å². The summed E-state index contributed by atoms with van der Waals surface area (Å²) in [4.78, 5) is 21.2. The minimum Gasteiger partial charge on any atom is -0.339 e. The molecule has 0 spiro atoms. The van der Waals surface area contributed by atoms with Crippen LogP contribution >= 0.6 is 11.3 Å². The van der Waals surface area contributed by atoms with Gasteiger partial charge in [-0.2, -0.15) is 4.98 Å². The zero-order valence-electron chi connectivity index (χ0n) is 14.6. The Hall–Kier alpha value is -1.89. The first-order valence-corrected chi connectivity index (χ1v) is 9.18. The maximum absolute atomic E-state index is 12.5. The highest BCUT2D eigenvalue weighted by molar-refractivity contribution is 7.12. The summed E-state index contributed by atoms with van der Waals surface area (Å²) in [5.41, 5.74) is 1.21. The number of aromatic nitrogens is 2. The molecule has 1 fully saturated rings. The van der Waals surface area contributed by atoms with Gasteiger partial charge in [0, 0.05) is 28.8 Å². The van der Waals surface area contributed by atoms with E-state index in [2.05, 4.69) is 35.4 Å². The van der Waals surface area contributed by atoms with Crippen molar-refractivity contribution >= 4 is 17.4 Å². The Labute approximate surface area is 146 Å². The van der Waals surface area contributed by atoms with Crippen molar-refractivity contribution in [3.05, 3.63) is 33.1 Å². The molecule has 0 radical (unpaired) electrons. The van der Waals surface area contributed by atoms with Gasteiger partial charge in [-0.3, -0.25) is 0 Å². The maximum atomic E-state index is 12.5. The van der Waals surface area contributed by atoms with Gasteiger partial charge in [-0.05, 0) is 52.2 Å². The van der Waals surface area contributed by atoms with Crippen LogP contribution in [0.4, 0.5) is 4.79 Å². The van der Waals surface area contributed by atoms with E-state index in [4.69, 9.17) is 4.52 Å². The Morgan fingerprint density at radius 2 is 2.08 bits per heavy atom. The Balaban J connectivity index is 1.54. The van der Waals surface area contributed by atoms with Crippen molar-refractivity contribution in [3.8, 4) is 0 Å². The standard InChI is InChI=1S/C17H24N4O2S/c1-10-9-15(12(3)24-10)11(2)18-17(22)21-7-5-14(6-8-21)16-19-13(4)20-23-16/h9,11,14H,5-8H2,1-4H3,(H,18,22)/t11-/m1/s1. The van der Waals surface area contributed by atoms with E-state index in [0.717, 1.165) is 12.8 Å². The molecule has 6 nitrogen and oxygen atoms in total. The molecule has 2 amide bonds. The van der Waals surface area contributed by atoms with Crippen molar-refractivity contribution in [1.29, 1.82) is 0 Å². The summed E-state index contributed by atoms with van der Waals surface area (Å²) in [6.45, 7) is 9.50. The van der Waals surface area contributed by atoms with E-state index < -0.39 is 0 Å². The summed E-state index contributed by atoms with van der Waals surface area (Å²) in [7, 11) is 0. The van der Waals surface area contributed by atoms with E-state index >= 15 is 0 Å². The van der Waals surface area contributed by atoms with Gasteiger partial charge in [0.15, 0.2) is 5.82 Å². The molecule has 0 saturated carbocycles. The lowest BCUT2D eigenvalue weighted by atomic mass is 9.97. The number of carbonyl (C=O) groups is 1. The van der Waals surface area contributed by atoms with Crippen LogP contribution in [0.3, 0.4) is 0 Å². The second-order valence-electron chi connectivity index (χ2n) is 6.48.